The fraction of sp³-hybridized carbons (Fsp3) is 0.0909. The second-order valence-electron chi connectivity index (χ2n) is 3.80. The summed E-state index contributed by atoms with van der Waals surface area (Å²) in [5.41, 5.74) is 6.71. The number of rotatable bonds is 3. The van der Waals surface area contributed by atoms with Gasteiger partial charge >= 0.3 is 7.12 Å². The lowest BCUT2D eigenvalue weighted by Gasteiger charge is -2.06. The standard InChI is InChI=1S/C11H11BClN3O2/c13-8-3-1-7(2-4-8)5-10-15-6-9(12(17)18)11(14)16-10/h1-4,6,17-18H,5H2,(H2,14,15,16). The van der Waals surface area contributed by atoms with Crippen molar-refractivity contribution in [2.45, 2.75) is 6.42 Å². The highest BCUT2D eigenvalue weighted by Crippen LogP contribution is 2.11. The molecule has 4 N–H and O–H groups in total. The first-order chi connectivity index (χ1) is 8.56. The van der Waals surface area contributed by atoms with Gasteiger partial charge in [-0.1, -0.05) is 23.7 Å². The molecule has 0 bridgehead atoms. The molecule has 0 saturated carbocycles. The summed E-state index contributed by atoms with van der Waals surface area (Å²) in [6.07, 6.45) is 1.82. The van der Waals surface area contributed by atoms with E-state index in [1.54, 1.807) is 12.1 Å². The first-order valence-electron chi connectivity index (χ1n) is 5.28. The third-order valence-electron chi connectivity index (χ3n) is 2.45. The number of aromatic nitrogens is 2. The monoisotopic (exact) mass is 263 g/mol. The quantitative estimate of drug-likeness (QED) is 0.677. The molecule has 5 nitrogen and oxygen atoms in total. The molecule has 1 heterocycles. The lowest BCUT2D eigenvalue weighted by Crippen LogP contribution is -2.34. The number of anilines is 1. The van der Waals surface area contributed by atoms with Crippen LogP contribution in [0.1, 0.15) is 11.4 Å². The number of nitrogens with two attached hydrogens (primary N) is 1. The van der Waals surface area contributed by atoms with E-state index in [2.05, 4.69) is 9.97 Å². The van der Waals surface area contributed by atoms with E-state index in [0.717, 1.165) is 5.56 Å². The van der Waals surface area contributed by atoms with E-state index in [1.807, 2.05) is 12.1 Å². The molecule has 0 saturated heterocycles. The normalized spacial score (nSPS) is 10.4. The maximum Gasteiger partial charge on any atom is 0.493 e. The molecule has 7 heteroatoms. The zero-order chi connectivity index (χ0) is 13.1. The van der Waals surface area contributed by atoms with Crippen LogP contribution < -0.4 is 11.2 Å². The van der Waals surface area contributed by atoms with Crippen LogP contribution in [0.5, 0.6) is 0 Å². The predicted molar refractivity (Wildman–Crippen MR) is 70.5 cm³/mol. The van der Waals surface area contributed by atoms with Gasteiger partial charge < -0.3 is 15.8 Å². The Bertz CT molecular complexity index is 548. The fourth-order valence-electron chi connectivity index (χ4n) is 1.51. The maximum absolute atomic E-state index is 9.00. The zero-order valence-electron chi connectivity index (χ0n) is 9.42. The van der Waals surface area contributed by atoms with Gasteiger partial charge in [0, 0.05) is 23.1 Å². The summed E-state index contributed by atoms with van der Waals surface area (Å²) in [6.45, 7) is 0. The molecule has 1 aromatic carbocycles. The summed E-state index contributed by atoms with van der Waals surface area (Å²) in [6, 6.07) is 7.31. The fourth-order valence-corrected chi connectivity index (χ4v) is 1.64. The molecule has 18 heavy (non-hydrogen) atoms. The van der Waals surface area contributed by atoms with Crippen molar-refractivity contribution in [2.24, 2.45) is 0 Å². The predicted octanol–water partition coefficient (Wildman–Crippen LogP) is -0.0172. The van der Waals surface area contributed by atoms with Gasteiger partial charge in [-0.3, -0.25) is 0 Å². The van der Waals surface area contributed by atoms with Crippen LogP contribution >= 0.6 is 11.6 Å². The van der Waals surface area contributed by atoms with E-state index in [9.17, 15) is 0 Å². The molecular formula is C11H11BClN3O2. The number of nitrogens with zero attached hydrogens (tertiary/aromatic N) is 2. The summed E-state index contributed by atoms with van der Waals surface area (Å²) >= 11 is 5.79. The van der Waals surface area contributed by atoms with Crippen molar-refractivity contribution in [1.29, 1.82) is 0 Å². The molecule has 1 aromatic heterocycles. The Hall–Kier alpha value is -1.63. The second-order valence-corrected chi connectivity index (χ2v) is 4.24. The van der Waals surface area contributed by atoms with Gasteiger partial charge in [0.25, 0.3) is 0 Å². The van der Waals surface area contributed by atoms with Crippen molar-refractivity contribution in [2.75, 3.05) is 5.73 Å². The number of halogens is 1. The van der Waals surface area contributed by atoms with Gasteiger partial charge in [-0.2, -0.15) is 0 Å². The largest absolute Gasteiger partial charge is 0.493 e. The lowest BCUT2D eigenvalue weighted by atomic mass is 9.82. The van der Waals surface area contributed by atoms with E-state index in [0.29, 0.717) is 17.3 Å². The van der Waals surface area contributed by atoms with Gasteiger partial charge in [0.1, 0.15) is 11.6 Å². The molecule has 2 aromatic rings. The number of nitrogen functional groups attached to an aromatic ring is 1. The highest BCUT2D eigenvalue weighted by atomic mass is 35.5. The highest BCUT2D eigenvalue weighted by Gasteiger charge is 2.16. The molecule has 0 unspecified atom stereocenters. The van der Waals surface area contributed by atoms with Crippen molar-refractivity contribution < 1.29 is 10.0 Å². The number of hydrogen-bond acceptors (Lipinski definition) is 5. The van der Waals surface area contributed by atoms with Crippen molar-refractivity contribution in [3.8, 4) is 0 Å². The Labute approximate surface area is 109 Å². The van der Waals surface area contributed by atoms with E-state index in [-0.39, 0.29) is 11.3 Å². The van der Waals surface area contributed by atoms with Crippen LogP contribution in [0, 0.1) is 0 Å². The second kappa shape index (κ2) is 5.35. The van der Waals surface area contributed by atoms with Gasteiger partial charge in [-0.25, -0.2) is 9.97 Å². The van der Waals surface area contributed by atoms with Crippen LogP contribution in [-0.4, -0.2) is 27.1 Å². The Morgan fingerprint density at radius 3 is 2.44 bits per heavy atom. The molecule has 0 amide bonds. The molecular weight excluding hydrogens is 252 g/mol. The van der Waals surface area contributed by atoms with Crippen LogP contribution in [0.4, 0.5) is 5.82 Å². The first-order valence-corrected chi connectivity index (χ1v) is 5.66. The molecule has 0 aliphatic rings. The van der Waals surface area contributed by atoms with Crippen LogP contribution in [-0.2, 0) is 6.42 Å². The van der Waals surface area contributed by atoms with E-state index in [1.165, 1.54) is 6.20 Å². The highest BCUT2D eigenvalue weighted by molar-refractivity contribution is 6.60. The Morgan fingerprint density at radius 1 is 1.22 bits per heavy atom. The first kappa shape index (κ1) is 12.8. The topological polar surface area (TPSA) is 92.3 Å². The molecule has 2 rings (SSSR count). The van der Waals surface area contributed by atoms with Gasteiger partial charge in [0.05, 0.1) is 0 Å². The lowest BCUT2D eigenvalue weighted by molar-refractivity contribution is 0.425. The number of benzene rings is 1. The summed E-state index contributed by atoms with van der Waals surface area (Å²) in [4.78, 5) is 8.06. The molecule has 92 valence electrons. The van der Waals surface area contributed by atoms with Crippen molar-refractivity contribution >= 4 is 30.0 Å². The molecule has 0 radical (unpaired) electrons. The zero-order valence-corrected chi connectivity index (χ0v) is 10.2. The minimum Gasteiger partial charge on any atom is -0.423 e. The van der Waals surface area contributed by atoms with Gasteiger partial charge in [0.15, 0.2) is 0 Å². The van der Waals surface area contributed by atoms with Crippen LogP contribution in [0.25, 0.3) is 0 Å². The Morgan fingerprint density at radius 2 is 1.89 bits per heavy atom. The van der Waals surface area contributed by atoms with Gasteiger partial charge in [-0.15, -0.1) is 0 Å². The molecule has 0 atom stereocenters. The molecule has 0 aliphatic carbocycles. The van der Waals surface area contributed by atoms with Crippen molar-refractivity contribution in [3.05, 3.63) is 46.9 Å². The Balaban J connectivity index is 2.20. The third-order valence-corrected chi connectivity index (χ3v) is 2.70. The molecule has 0 aliphatic heterocycles. The third kappa shape index (κ3) is 2.98. The smallest absolute Gasteiger partial charge is 0.423 e. The Kier molecular flexibility index (Phi) is 3.81. The summed E-state index contributed by atoms with van der Waals surface area (Å²) < 4.78 is 0. The van der Waals surface area contributed by atoms with Crippen molar-refractivity contribution in [1.82, 2.24) is 9.97 Å². The number of hydrogen-bond donors (Lipinski definition) is 3. The minimum absolute atomic E-state index is 0.0731. The maximum atomic E-state index is 9.00. The van der Waals surface area contributed by atoms with E-state index < -0.39 is 7.12 Å². The SMILES string of the molecule is Nc1nc(Cc2ccc(Cl)cc2)ncc1B(O)O. The van der Waals surface area contributed by atoms with E-state index in [4.69, 9.17) is 27.4 Å². The van der Waals surface area contributed by atoms with Gasteiger partial charge in [0.2, 0.25) is 0 Å². The van der Waals surface area contributed by atoms with Crippen LogP contribution in [0.15, 0.2) is 30.5 Å². The van der Waals surface area contributed by atoms with Crippen LogP contribution in [0.2, 0.25) is 5.02 Å². The van der Waals surface area contributed by atoms with E-state index >= 15 is 0 Å². The summed E-state index contributed by atoms with van der Waals surface area (Å²) in [5.74, 6) is 0.586. The van der Waals surface area contributed by atoms with Crippen LogP contribution in [0.3, 0.4) is 0 Å². The summed E-state index contributed by atoms with van der Waals surface area (Å²) in [7, 11) is -1.66. The minimum atomic E-state index is -1.66. The average molecular weight is 263 g/mol. The van der Waals surface area contributed by atoms with Gasteiger partial charge in [-0.05, 0) is 17.7 Å². The molecule has 0 spiro atoms. The molecule has 0 fully saturated rings. The van der Waals surface area contributed by atoms with Crippen molar-refractivity contribution in [3.63, 3.8) is 0 Å². The summed E-state index contributed by atoms with van der Waals surface area (Å²) in [5, 5.41) is 18.7. The average Bonchev–Trinajstić information content (AvgIpc) is 2.32.